The zero-order chi connectivity index (χ0) is 8.72. The first-order chi connectivity index (χ1) is 5.70. The Morgan fingerprint density at radius 3 is 3.08 bits per heavy atom. The highest BCUT2D eigenvalue weighted by atomic mass is 32.1. The molecule has 0 spiro atoms. The fourth-order valence-corrected chi connectivity index (χ4v) is 2.23. The van der Waals surface area contributed by atoms with Gasteiger partial charge >= 0.3 is 0 Å². The van der Waals surface area contributed by atoms with Crippen molar-refractivity contribution in [2.24, 2.45) is 5.73 Å². The van der Waals surface area contributed by atoms with Crippen LogP contribution in [-0.2, 0) is 0 Å². The van der Waals surface area contributed by atoms with Crippen LogP contribution in [0.2, 0.25) is 0 Å². The molecule has 0 saturated heterocycles. The summed E-state index contributed by atoms with van der Waals surface area (Å²) in [5, 5.41) is 2.02. The second kappa shape index (κ2) is 2.57. The Morgan fingerprint density at radius 1 is 1.67 bits per heavy atom. The van der Waals surface area contributed by atoms with E-state index in [0.29, 0.717) is 0 Å². The molecule has 2 aromatic heterocycles. The van der Waals surface area contributed by atoms with Crippen molar-refractivity contribution in [1.29, 1.82) is 0 Å². The van der Waals surface area contributed by atoms with Gasteiger partial charge in [0, 0.05) is 17.6 Å². The number of aromatic nitrogens is 2. The van der Waals surface area contributed by atoms with Gasteiger partial charge in [0.15, 0.2) is 4.96 Å². The third-order valence-corrected chi connectivity index (χ3v) is 2.67. The first-order valence-electron chi connectivity index (χ1n) is 3.88. The number of imidazole rings is 1. The molecule has 3 nitrogen and oxygen atoms in total. The molecule has 0 aliphatic heterocycles. The van der Waals surface area contributed by atoms with Gasteiger partial charge in [-0.15, -0.1) is 11.3 Å². The van der Waals surface area contributed by atoms with Crippen molar-refractivity contribution < 1.29 is 0 Å². The van der Waals surface area contributed by atoms with Crippen LogP contribution < -0.4 is 5.73 Å². The van der Waals surface area contributed by atoms with Crippen LogP contribution >= 0.6 is 11.3 Å². The van der Waals surface area contributed by atoms with E-state index in [4.69, 9.17) is 5.73 Å². The number of thiazole rings is 1. The largest absolute Gasteiger partial charge is 0.323 e. The molecule has 64 valence electrons. The maximum atomic E-state index is 5.83. The minimum absolute atomic E-state index is 0.0506. The summed E-state index contributed by atoms with van der Waals surface area (Å²) in [5.74, 6) is 0. The summed E-state index contributed by atoms with van der Waals surface area (Å²) in [4.78, 5) is 5.42. The lowest BCUT2D eigenvalue weighted by molar-refractivity contribution is 0.763. The summed E-state index contributed by atoms with van der Waals surface area (Å²) in [6.07, 6.45) is 2.01. The van der Waals surface area contributed by atoms with Gasteiger partial charge in [0.2, 0.25) is 0 Å². The highest BCUT2D eigenvalue weighted by Crippen LogP contribution is 2.20. The quantitative estimate of drug-likeness (QED) is 0.728. The number of nitrogens with two attached hydrogens (primary N) is 1. The summed E-state index contributed by atoms with van der Waals surface area (Å²) >= 11 is 1.64. The first-order valence-corrected chi connectivity index (χ1v) is 4.75. The zero-order valence-electron chi connectivity index (χ0n) is 7.11. The van der Waals surface area contributed by atoms with E-state index in [0.717, 1.165) is 16.3 Å². The van der Waals surface area contributed by atoms with Crippen LogP contribution in [0.25, 0.3) is 4.96 Å². The second-order valence-electron chi connectivity index (χ2n) is 2.93. The van der Waals surface area contributed by atoms with Crippen LogP contribution in [0.4, 0.5) is 0 Å². The molecule has 0 unspecified atom stereocenters. The molecule has 2 aromatic rings. The topological polar surface area (TPSA) is 43.3 Å². The van der Waals surface area contributed by atoms with E-state index in [1.807, 2.05) is 25.4 Å². The van der Waals surface area contributed by atoms with Crippen molar-refractivity contribution in [1.82, 2.24) is 9.38 Å². The molecule has 0 bridgehead atoms. The van der Waals surface area contributed by atoms with Gasteiger partial charge in [0.25, 0.3) is 0 Å². The Hall–Kier alpha value is -0.870. The van der Waals surface area contributed by atoms with E-state index in [2.05, 4.69) is 9.38 Å². The highest BCUT2D eigenvalue weighted by Gasteiger charge is 2.11. The molecule has 2 rings (SSSR count). The Kier molecular flexibility index (Phi) is 1.66. The highest BCUT2D eigenvalue weighted by molar-refractivity contribution is 7.15. The molecule has 0 amide bonds. The van der Waals surface area contributed by atoms with Crippen molar-refractivity contribution in [3.63, 3.8) is 0 Å². The fraction of sp³-hybridized carbons (Fsp3) is 0.375. The van der Waals surface area contributed by atoms with Gasteiger partial charge in [-0.25, -0.2) is 4.98 Å². The van der Waals surface area contributed by atoms with Crippen LogP contribution in [0.15, 0.2) is 11.6 Å². The van der Waals surface area contributed by atoms with E-state index >= 15 is 0 Å². The average Bonchev–Trinajstić information content (AvgIpc) is 2.44. The molecule has 2 N–H and O–H groups in total. The minimum Gasteiger partial charge on any atom is -0.323 e. The maximum absolute atomic E-state index is 5.83. The summed E-state index contributed by atoms with van der Waals surface area (Å²) in [7, 11) is 0. The smallest absolute Gasteiger partial charge is 0.194 e. The molecule has 0 aromatic carbocycles. The third kappa shape index (κ3) is 0.956. The van der Waals surface area contributed by atoms with Crippen molar-refractivity contribution in [2.45, 2.75) is 19.9 Å². The van der Waals surface area contributed by atoms with Crippen LogP contribution in [0.3, 0.4) is 0 Å². The number of fused-ring (bicyclic) bond motifs is 1. The summed E-state index contributed by atoms with van der Waals surface area (Å²) in [6.45, 7) is 3.98. The molecule has 0 fully saturated rings. The van der Waals surface area contributed by atoms with Crippen molar-refractivity contribution in [2.75, 3.05) is 0 Å². The van der Waals surface area contributed by atoms with Crippen molar-refractivity contribution in [3.8, 4) is 0 Å². The van der Waals surface area contributed by atoms with Gasteiger partial charge in [-0.3, -0.25) is 4.40 Å². The minimum atomic E-state index is 0.0506. The lowest BCUT2D eigenvalue weighted by Gasteiger charge is -2.03. The Bertz CT molecular complexity index is 399. The molecule has 0 aliphatic rings. The van der Waals surface area contributed by atoms with E-state index in [1.54, 1.807) is 11.3 Å². The maximum Gasteiger partial charge on any atom is 0.194 e. The van der Waals surface area contributed by atoms with Gasteiger partial charge in [0.1, 0.15) is 0 Å². The zero-order valence-corrected chi connectivity index (χ0v) is 7.93. The summed E-state index contributed by atoms with van der Waals surface area (Å²) in [5.41, 5.74) is 7.98. The van der Waals surface area contributed by atoms with Gasteiger partial charge < -0.3 is 5.73 Å². The number of rotatable bonds is 1. The fourth-order valence-electron chi connectivity index (χ4n) is 1.46. The second-order valence-corrected chi connectivity index (χ2v) is 3.80. The van der Waals surface area contributed by atoms with Crippen LogP contribution in [-0.4, -0.2) is 9.38 Å². The molecule has 1 atom stereocenters. The van der Waals surface area contributed by atoms with E-state index < -0.39 is 0 Å². The predicted octanol–water partition coefficient (Wildman–Crippen LogP) is 1.72. The van der Waals surface area contributed by atoms with Crippen LogP contribution in [0, 0.1) is 6.92 Å². The predicted molar refractivity (Wildman–Crippen MR) is 50.4 cm³/mol. The van der Waals surface area contributed by atoms with E-state index in [1.165, 1.54) is 0 Å². The summed E-state index contributed by atoms with van der Waals surface area (Å²) in [6, 6.07) is 0.0506. The molecule has 4 heteroatoms. The van der Waals surface area contributed by atoms with Crippen LogP contribution in [0.5, 0.6) is 0 Å². The Labute approximate surface area is 74.8 Å². The normalized spacial score (nSPS) is 13.9. The van der Waals surface area contributed by atoms with Crippen LogP contribution in [0.1, 0.15) is 24.4 Å². The van der Waals surface area contributed by atoms with Gasteiger partial charge in [-0.1, -0.05) is 0 Å². The monoisotopic (exact) mass is 181 g/mol. The molecular weight excluding hydrogens is 170 g/mol. The number of hydrogen-bond acceptors (Lipinski definition) is 3. The average molecular weight is 181 g/mol. The SMILES string of the molecule is Cc1nc2sccn2c1[C@@H](C)N. The van der Waals surface area contributed by atoms with E-state index in [9.17, 15) is 0 Å². The Morgan fingerprint density at radius 2 is 2.42 bits per heavy atom. The van der Waals surface area contributed by atoms with Crippen molar-refractivity contribution in [3.05, 3.63) is 23.0 Å². The molecule has 2 heterocycles. The lowest BCUT2D eigenvalue weighted by Crippen LogP contribution is -2.08. The Balaban J connectivity index is 2.76. The molecule has 0 saturated carbocycles. The van der Waals surface area contributed by atoms with E-state index in [-0.39, 0.29) is 6.04 Å². The number of nitrogens with zero attached hydrogens (tertiary/aromatic N) is 2. The number of aryl methyl sites for hydroxylation is 1. The summed E-state index contributed by atoms with van der Waals surface area (Å²) < 4.78 is 2.06. The lowest BCUT2D eigenvalue weighted by atomic mass is 10.2. The standard InChI is InChI=1S/C8H11N3S/c1-5(9)7-6(2)10-8-11(7)3-4-12-8/h3-5H,9H2,1-2H3/t5-/m1/s1. The van der Waals surface area contributed by atoms with Gasteiger partial charge in [0.05, 0.1) is 11.4 Å². The van der Waals surface area contributed by atoms with Gasteiger partial charge in [-0.2, -0.15) is 0 Å². The van der Waals surface area contributed by atoms with Gasteiger partial charge in [-0.05, 0) is 13.8 Å². The molecule has 12 heavy (non-hydrogen) atoms. The molecular formula is C8H11N3S. The number of hydrogen-bond donors (Lipinski definition) is 1. The molecule has 0 aliphatic carbocycles. The van der Waals surface area contributed by atoms with Crippen molar-refractivity contribution >= 4 is 16.3 Å². The molecule has 0 radical (unpaired) electrons. The first kappa shape index (κ1) is 7.76. The third-order valence-electron chi connectivity index (χ3n) is 1.91.